The van der Waals surface area contributed by atoms with E-state index in [4.69, 9.17) is 4.74 Å². The first-order chi connectivity index (χ1) is 9.02. The van der Waals surface area contributed by atoms with E-state index in [0.717, 1.165) is 28.1 Å². The Morgan fingerprint density at radius 2 is 2.00 bits per heavy atom. The third-order valence-electron chi connectivity index (χ3n) is 3.66. The van der Waals surface area contributed by atoms with Gasteiger partial charge in [-0.15, -0.1) is 0 Å². The molecule has 19 heavy (non-hydrogen) atoms. The smallest absolute Gasteiger partial charge is 0.238 e. The number of benzene rings is 1. The van der Waals surface area contributed by atoms with E-state index < -0.39 is 0 Å². The van der Waals surface area contributed by atoms with E-state index in [-0.39, 0.29) is 5.91 Å². The average molecular weight is 262 g/mol. The molecule has 1 aromatic carbocycles. The summed E-state index contributed by atoms with van der Waals surface area (Å²) in [6.07, 6.45) is 2.37. The van der Waals surface area contributed by atoms with E-state index in [0.29, 0.717) is 12.6 Å². The topological polar surface area (TPSA) is 50.4 Å². The van der Waals surface area contributed by atoms with Crippen molar-refractivity contribution in [2.75, 3.05) is 19.0 Å². The first-order valence-corrected chi connectivity index (χ1v) is 6.71. The second-order valence-corrected chi connectivity index (χ2v) is 5.22. The Hall–Kier alpha value is -1.55. The molecule has 4 heteroatoms. The van der Waals surface area contributed by atoms with Gasteiger partial charge in [-0.25, -0.2) is 0 Å². The zero-order valence-electron chi connectivity index (χ0n) is 12.1. The summed E-state index contributed by atoms with van der Waals surface area (Å²) < 4.78 is 5.33. The van der Waals surface area contributed by atoms with Gasteiger partial charge in [-0.3, -0.25) is 4.79 Å². The van der Waals surface area contributed by atoms with Crippen LogP contribution in [0.4, 0.5) is 5.69 Å². The Morgan fingerprint density at radius 3 is 2.58 bits per heavy atom. The summed E-state index contributed by atoms with van der Waals surface area (Å²) in [7, 11) is 1.67. The zero-order chi connectivity index (χ0) is 14.0. The summed E-state index contributed by atoms with van der Waals surface area (Å²) in [5, 5.41) is 6.21. The van der Waals surface area contributed by atoms with Crippen molar-refractivity contribution in [3.8, 4) is 5.75 Å². The van der Waals surface area contributed by atoms with Crippen LogP contribution in [0, 0.1) is 20.8 Å². The lowest BCUT2D eigenvalue weighted by molar-refractivity contribution is -0.115. The minimum absolute atomic E-state index is 0.0164. The van der Waals surface area contributed by atoms with Crippen LogP contribution in [-0.4, -0.2) is 25.6 Å². The third-order valence-corrected chi connectivity index (χ3v) is 3.66. The van der Waals surface area contributed by atoms with E-state index in [9.17, 15) is 4.79 Å². The highest BCUT2D eigenvalue weighted by Gasteiger charge is 2.21. The number of aryl methyl sites for hydroxylation is 1. The molecule has 1 aliphatic carbocycles. The maximum absolute atomic E-state index is 11.9. The number of amides is 1. The third kappa shape index (κ3) is 3.26. The van der Waals surface area contributed by atoms with E-state index in [1.807, 2.05) is 26.8 Å². The van der Waals surface area contributed by atoms with Crippen LogP contribution in [0.25, 0.3) is 0 Å². The van der Waals surface area contributed by atoms with Gasteiger partial charge in [0.15, 0.2) is 0 Å². The fraction of sp³-hybridized carbons (Fsp3) is 0.533. The molecule has 104 valence electrons. The van der Waals surface area contributed by atoms with Crippen LogP contribution < -0.4 is 15.4 Å². The van der Waals surface area contributed by atoms with Crippen molar-refractivity contribution >= 4 is 11.6 Å². The molecule has 1 fully saturated rings. The van der Waals surface area contributed by atoms with Gasteiger partial charge in [0, 0.05) is 11.7 Å². The molecule has 0 bridgehead atoms. The van der Waals surface area contributed by atoms with Gasteiger partial charge in [-0.1, -0.05) is 0 Å². The van der Waals surface area contributed by atoms with Crippen molar-refractivity contribution in [2.45, 2.75) is 39.7 Å². The predicted octanol–water partition coefficient (Wildman–Crippen LogP) is 2.31. The lowest BCUT2D eigenvalue weighted by atomic mass is 10.0. The Labute approximate surface area is 114 Å². The summed E-state index contributed by atoms with van der Waals surface area (Å²) in [5.74, 6) is 0.881. The fourth-order valence-electron chi connectivity index (χ4n) is 2.16. The lowest BCUT2D eigenvalue weighted by Crippen LogP contribution is -2.30. The first kappa shape index (κ1) is 13.9. The van der Waals surface area contributed by atoms with Crippen molar-refractivity contribution in [3.05, 3.63) is 22.8 Å². The fourth-order valence-corrected chi connectivity index (χ4v) is 2.16. The van der Waals surface area contributed by atoms with Gasteiger partial charge in [0.2, 0.25) is 5.91 Å². The number of ether oxygens (including phenoxy) is 1. The van der Waals surface area contributed by atoms with Gasteiger partial charge in [-0.05, 0) is 56.4 Å². The predicted molar refractivity (Wildman–Crippen MR) is 76.9 cm³/mol. The number of anilines is 1. The van der Waals surface area contributed by atoms with Crippen molar-refractivity contribution in [1.82, 2.24) is 5.32 Å². The monoisotopic (exact) mass is 262 g/mol. The number of hydrogen-bond donors (Lipinski definition) is 2. The van der Waals surface area contributed by atoms with Gasteiger partial charge in [0.05, 0.1) is 13.7 Å². The second-order valence-electron chi connectivity index (χ2n) is 5.22. The van der Waals surface area contributed by atoms with Crippen molar-refractivity contribution in [3.63, 3.8) is 0 Å². The molecule has 4 nitrogen and oxygen atoms in total. The highest BCUT2D eigenvalue weighted by Crippen LogP contribution is 2.31. The van der Waals surface area contributed by atoms with Gasteiger partial charge >= 0.3 is 0 Å². The molecule has 0 saturated heterocycles. The zero-order valence-corrected chi connectivity index (χ0v) is 12.1. The molecule has 1 saturated carbocycles. The number of hydrogen-bond acceptors (Lipinski definition) is 3. The molecule has 0 spiro atoms. The number of carbonyl (C=O) groups is 1. The summed E-state index contributed by atoms with van der Waals surface area (Å²) in [4.78, 5) is 11.9. The molecule has 1 aromatic rings. The van der Waals surface area contributed by atoms with E-state index in [2.05, 4.69) is 10.6 Å². The van der Waals surface area contributed by atoms with Crippen LogP contribution >= 0.6 is 0 Å². The Bertz CT molecular complexity index is 493. The Balaban J connectivity index is 2.10. The van der Waals surface area contributed by atoms with Crippen LogP contribution in [0.15, 0.2) is 6.07 Å². The van der Waals surface area contributed by atoms with E-state index in [1.165, 1.54) is 12.8 Å². The molecule has 0 radical (unpaired) electrons. The van der Waals surface area contributed by atoms with Gasteiger partial charge in [0.25, 0.3) is 0 Å². The number of rotatable bonds is 5. The standard InChI is InChI=1S/C15H22N2O2/c1-9-7-13(19-4)10(2)11(3)15(9)17-14(18)8-16-12-5-6-12/h7,12,16H,5-6,8H2,1-4H3,(H,17,18). The quantitative estimate of drug-likeness (QED) is 0.856. The van der Waals surface area contributed by atoms with Gasteiger partial charge in [0.1, 0.15) is 5.75 Å². The van der Waals surface area contributed by atoms with Gasteiger partial charge in [-0.2, -0.15) is 0 Å². The molecule has 0 aliphatic heterocycles. The van der Waals surface area contributed by atoms with Crippen molar-refractivity contribution in [1.29, 1.82) is 0 Å². The maximum Gasteiger partial charge on any atom is 0.238 e. The number of carbonyl (C=O) groups excluding carboxylic acids is 1. The van der Waals surface area contributed by atoms with Crippen LogP contribution in [-0.2, 0) is 4.79 Å². The first-order valence-electron chi connectivity index (χ1n) is 6.71. The molecule has 0 unspecified atom stereocenters. The molecule has 2 N–H and O–H groups in total. The normalized spacial score (nSPS) is 14.3. The number of nitrogens with one attached hydrogen (secondary N) is 2. The van der Waals surface area contributed by atoms with Crippen molar-refractivity contribution < 1.29 is 9.53 Å². The van der Waals surface area contributed by atoms with Crippen LogP contribution in [0.1, 0.15) is 29.5 Å². The SMILES string of the molecule is COc1cc(C)c(NC(=O)CNC2CC2)c(C)c1C. The molecule has 1 amide bonds. The van der Waals surface area contributed by atoms with Crippen LogP contribution in [0.2, 0.25) is 0 Å². The largest absolute Gasteiger partial charge is 0.496 e. The second kappa shape index (κ2) is 5.61. The lowest BCUT2D eigenvalue weighted by Gasteiger charge is -2.16. The molecule has 0 atom stereocenters. The summed E-state index contributed by atoms with van der Waals surface area (Å²) in [5.41, 5.74) is 4.07. The highest BCUT2D eigenvalue weighted by atomic mass is 16.5. The minimum atomic E-state index is 0.0164. The molecular formula is C15H22N2O2. The Morgan fingerprint density at radius 1 is 1.32 bits per heavy atom. The van der Waals surface area contributed by atoms with Crippen LogP contribution in [0.5, 0.6) is 5.75 Å². The molecule has 2 rings (SSSR count). The highest BCUT2D eigenvalue weighted by molar-refractivity contribution is 5.94. The number of methoxy groups -OCH3 is 1. The summed E-state index contributed by atoms with van der Waals surface area (Å²) in [6.45, 7) is 6.38. The molecule has 1 aliphatic rings. The van der Waals surface area contributed by atoms with E-state index >= 15 is 0 Å². The Kier molecular flexibility index (Phi) is 4.10. The van der Waals surface area contributed by atoms with Crippen LogP contribution in [0.3, 0.4) is 0 Å². The summed E-state index contributed by atoms with van der Waals surface area (Å²) >= 11 is 0. The summed E-state index contributed by atoms with van der Waals surface area (Å²) in [6, 6.07) is 2.51. The minimum Gasteiger partial charge on any atom is -0.496 e. The van der Waals surface area contributed by atoms with E-state index in [1.54, 1.807) is 7.11 Å². The van der Waals surface area contributed by atoms with Gasteiger partial charge < -0.3 is 15.4 Å². The van der Waals surface area contributed by atoms with Crippen molar-refractivity contribution in [2.24, 2.45) is 0 Å². The molecule has 0 aromatic heterocycles. The molecule has 0 heterocycles. The average Bonchev–Trinajstić information content (AvgIpc) is 3.20. The maximum atomic E-state index is 11.9. The molecular weight excluding hydrogens is 240 g/mol.